The Morgan fingerprint density at radius 3 is 2.50 bits per heavy atom. The van der Waals surface area contributed by atoms with Crippen molar-refractivity contribution in [3.63, 3.8) is 0 Å². The minimum absolute atomic E-state index is 0.178. The summed E-state index contributed by atoms with van der Waals surface area (Å²) < 4.78 is 25.3. The van der Waals surface area contributed by atoms with Gasteiger partial charge in [-0.15, -0.1) is 10.2 Å². The van der Waals surface area contributed by atoms with Gasteiger partial charge in [-0.3, -0.25) is 14.5 Å². The van der Waals surface area contributed by atoms with Crippen LogP contribution in [-0.4, -0.2) is 79.1 Å². The van der Waals surface area contributed by atoms with Gasteiger partial charge in [0.25, 0.3) is 6.47 Å². The second kappa shape index (κ2) is 16.7. The molecular weight excluding hydrogens is 714 g/mol. The van der Waals surface area contributed by atoms with Crippen LogP contribution < -0.4 is 20.3 Å². The third kappa shape index (κ3) is 8.49. The number of aromatic nitrogens is 5. The average molecular weight is 766 g/mol. The fraction of sp³-hybridized carbons (Fsp3) is 0.452. The molecule has 0 radical (unpaired) electrons. The van der Waals surface area contributed by atoms with Crippen LogP contribution >= 0.6 is 0 Å². The van der Waals surface area contributed by atoms with E-state index in [2.05, 4.69) is 70.5 Å². The highest BCUT2D eigenvalue weighted by Gasteiger charge is 2.31. The number of hydrogen-bond donors (Lipinski definition) is 3. The van der Waals surface area contributed by atoms with Crippen LogP contribution in [-0.2, 0) is 16.6 Å². The van der Waals surface area contributed by atoms with Crippen molar-refractivity contribution in [1.82, 2.24) is 34.6 Å². The van der Waals surface area contributed by atoms with E-state index in [-0.39, 0.29) is 35.9 Å². The minimum Gasteiger partial charge on any atom is -0.484 e. The smallest absolute Gasteiger partial charge is 0.320 e. The molecule has 2 fully saturated rings. The Balaban J connectivity index is 0.00000155. The molecule has 1 unspecified atom stereocenters. The number of carbonyl (C=O) groups excluding carboxylic acids is 1. The van der Waals surface area contributed by atoms with Crippen molar-refractivity contribution in [2.24, 2.45) is 0 Å². The van der Waals surface area contributed by atoms with Crippen LogP contribution in [0, 0.1) is 5.82 Å². The lowest BCUT2D eigenvalue weighted by atomic mass is 9.85. The highest BCUT2D eigenvalue weighted by molar-refractivity contribution is 5.89. The monoisotopic (exact) mass is 765 g/mol. The molecular formula is C42H52FN9O4. The third-order valence-corrected chi connectivity index (χ3v) is 11.1. The largest absolute Gasteiger partial charge is 0.484 e. The zero-order valence-corrected chi connectivity index (χ0v) is 32.6. The quantitative estimate of drug-likeness (QED) is 0.130. The van der Waals surface area contributed by atoms with Gasteiger partial charge in [0.2, 0.25) is 5.95 Å². The predicted octanol–water partition coefficient (Wildman–Crippen LogP) is 7.46. The van der Waals surface area contributed by atoms with Gasteiger partial charge >= 0.3 is 6.03 Å². The summed E-state index contributed by atoms with van der Waals surface area (Å²) in [6.07, 6.45) is 8.59. The Morgan fingerprint density at radius 2 is 1.77 bits per heavy atom. The maximum atomic E-state index is 14.9. The van der Waals surface area contributed by atoms with Crippen molar-refractivity contribution in [3.05, 3.63) is 95.1 Å². The molecule has 3 N–H and O–H groups in total. The number of halogens is 1. The molecule has 2 amide bonds. The van der Waals surface area contributed by atoms with Crippen molar-refractivity contribution in [2.45, 2.75) is 96.2 Å². The maximum absolute atomic E-state index is 14.9. The second-order valence-electron chi connectivity index (χ2n) is 16.0. The van der Waals surface area contributed by atoms with Gasteiger partial charge in [0.05, 0.1) is 23.6 Å². The standard InChI is InChI=1S/C41H50FN9O2.CH2O2/c1-27-10-7-8-22-49(27)40-46-45-37-18-14-30(26-50(37)40)53-35-17-16-34(31-11-5-6-12-32(31)35)43-39(52)44-38-25-36(41(2,3)4)47-51(38)29-13-15-33(42)28(24-29)19-23-48-20-9-21-48;2-1-3/h5-6,11-15,18,24-27,34-35H,7-10,16-17,19-23H2,1-4H3,(H2,43,44,52);1H,(H,2,3)/t27?,34-,35+;/m0./s1. The Bertz CT molecular complexity index is 2160. The van der Waals surface area contributed by atoms with E-state index >= 15 is 0 Å². The van der Waals surface area contributed by atoms with E-state index in [1.807, 2.05) is 47.0 Å². The summed E-state index contributed by atoms with van der Waals surface area (Å²) in [4.78, 5) is 26.8. The number of likely N-dealkylation sites (tertiary alicyclic amines) is 1. The van der Waals surface area contributed by atoms with E-state index in [0.29, 0.717) is 36.0 Å². The molecule has 5 aromatic rings. The summed E-state index contributed by atoms with van der Waals surface area (Å²) in [6, 6.07) is 18.9. The van der Waals surface area contributed by atoms with Crippen LogP contribution in [0.2, 0.25) is 0 Å². The van der Waals surface area contributed by atoms with Crippen molar-refractivity contribution in [2.75, 3.05) is 36.4 Å². The molecule has 0 spiro atoms. The number of nitrogens with zero attached hydrogens (tertiary/aromatic N) is 7. The fourth-order valence-electron chi connectivity index (χ4n) is 7.82. The van der Waals surface area contributed by atoms with Gasteiger partial charge in [-0.05, 0) is 112 Å². The molecule has 2 aliphatic heterocycles. The first-order valence-electron chi connectivity index (χ1n) is 19.7. The summed E-state index contributed by atoms with van der Waals surface area (Å²) >= 11 is 0. The minimum atomic E-state index is -0.330. The second-order valence-corrected chi connectivity index (χ2v) is 16.0. The molecule has 14 heteroatoms. The summed E-state index contributed by atoms with van der Waals surface area (Å²) in [7, 11) is 0. The van der Waals surface area contributed by atoms with Crippen LogP contribution in [0.1, 0.15) is 101 Å². The number of hydrogen-bond acceptors (Lipinski definition) is 8. The summed E-state index contributed by atoms with van der Waals surface area (Å²) in [5.41, 5.74) is 4.79. The van der Waals surface area contributed by atoms with Crippen LogP contribution in [0.15, 0.2) is 66.9 Å². The summed E-state index contributed by atoms with van der Waals surface area (Å²) in [5, 5.41) is 27.1. The van der Waals surface area contributed by atoms with Crippen LogP contribution in [0.4, 0.5) is 21.0 Å². The number of carboxylic acid groups (broad SMARTS) is 1. The van der Waals surface area contributed by atoms with Crippen LogP contribution in [0.5, 0.6) is 5.75 Å². The normalized spacial score (nSPS) is 19.7. The van der Waals surface area contributed by atoms with Gasteiger partial charge in [-0.25, -0.2) is 13.9 Å². The number of pyridine rings is 1. The molecule has 0 bridgehead atoms. The Morgan fingerprint density at radius 1 is 0.982 bits per heavy atom. The first-order valence-corrected chi connectivity index (χ1v) is 19.7. The Kier molecular flexibility index (Phi) is 11.6. The molecule has 8 rings (SSSR count). The van der Waals surface area contributed by atoms with E-state index in [9.17, 15) is 9.18 Å². The van der Waals surface area contributed by atoms with E-state index < -0.39 is 0 Å². The topological polar surface area (TPSA) is 142 Å². The molecule has 56 heavy (non-hydrogen) atoms. The number of anilines is 2. The summed E-state index contributed by atoms with van der Waals surface area (Å²) in [5.74, 6) is 1.91. The van der Waals surface area contributed by atoms with Crippen molar-refractivity contribution in [3.8, 4) is 11.4 Å². The Hall–Kier alpha value is -5.50. The molecule has 3 aliphatic rings. The molecule has 296 valence electrons. The molecule has 13 nitrogen and oxygen atoms in total. The van der Waals surface area contributed by atoms with E-state index in [1.54, 1.807) is 10.7 Å². The van der Waals surface area contributed by atoms with E-state index in [4.69, 9.17) is 19.7 Å². The van der Waals surface area contributed by atoms with Crippen molar-refractivity contribution >= 4 is 29.9 Å². The zero-order valence-electron chi connectivity index (χ0n) is 32.6. The van der Waals surface area contributed by atoms with Crippen molar-refractivity contribution < 1.29 is 23.8 Å². The van der Waals surface area contributed by atoms with Gasteiger partial charge in [-0.1, -0.05) is 45.0 Å². The fourth-order valence-corrected chi connectivity index (χ4v) is 7.82. The SMILES string of the molecule is CC1CCCCN1c1nnc2ccc(O[C@@H]3CC[C@H](NC(=O)Nc4cc(C(C)(C)C)nn4-c4ccc(F)c(CCN5CCC5)c4)c4ccccc43)cn12.O=CO. The number of benzene rings is 2. The molecule has 5 heterocycles. The lowest BCUT2D eigenvalue weighted by Crippen LogP contribution is -2.38. The Labute approximate surface area is 326 Å². The number of piperidine rings is 1. The van der Waals surface area contributed by atoms with Crippen LogP contribution in [0.25, 0.3) is 11.3 Å². The van der Waals surface area contributed by atoms with Crippen molar-refractivity contribution in [1.29, 1.82) is 0 Å². The molecule has 3 aromatic heterocycles. The number of carbonyl (C=O) groups is 2. The molecule has 1 aliphatic carbocycles. The van der Waals surface area contributed by atoms with Gasteiger partial charge in [0.1, 0.15) is 23.5 Å². The molecule has 2 aromatic carbocycles. The number of fused-ring (bicyclic) bond motifs is 2. The number of urea groups is 1. The maximum Gasteiger partial charge on any atom is 0.320 e. The highest BCUT2D eigenvalue weighted by atomic mass is 19.1. The number of rotatable bonds is 9. The molecule has 3 atom stereocenters. The van der Waals surface area contributed by atoms with Gasteiger partial charge in [0.15, 0.2) is 5.65 Å². The van der Waals surface area contributed by atoms with E-state index in [0.717, 1.165) is 79.6 Å². The summed E-state index contributed by atoms with van der Waals surface area (Å²) in [6.45, 7) is 12.2. The number of nitrogens with one attached hydrogen (secondary N) is 2. The zero-order chi connectivity index (χ0) is 39.4. The van der Waals surface area contributed by atoms with E-state index in [1.165, 1.54) is 18.9 Å². The molecule has 2 saturated heterocycles. The lowest BCUT2D eigenvalue weighted by Gasteiger charge is -2.33. The van der Waals surface area contributed by atoms with Crippen LogP contribution in [0.3, 0.4) is 0 Å². The molecule has 0 saturated carbocycles. The average Bonchev–Trinajstić information content (AvgIpc) is 3.78. The number of amides is 2. The first kappa shape index (κ1) is 38.8. The predicted molar refractivity (Wildman–Crippen MR) is 213 cm³/mol. The van der Waals surface area contributed by atoms with Gasteiger partial charge in [0, 0.05) is 30.6 Å². The third-order valence-electron chi connectivity index (χ3n) is 11.1. The van der Waals surface area contributed by atoms with Gasteiger partial charge < -0.3 is 25.0 Å². The first-order chi connectivity index (χ1) is 27.0. The van der Waals surface area contributed by atoms with Gasteiger partial charge in [-0.2, -0.15) is 5.10 Å². The highest BCUT2D eigenvalue weighted by Crippen LogP contribution is 2.39. The lowest BCUT2D eigenvalue weighted by molar-refractivity contribution is -0.122. The number of ether oxygens (including phenoxy) is 1.